The lowest BCUT2D eigenvalue weighted by Crippen LogP contribution is -2.65. The molecule has 1 aromatic carbocycles. The van der Waals surface area contributed by atoms with Crippen molar-refractivity contribution in [3.63, 3.8) is 0 Å². The van der Waals surface area contributed by atoms with E-state index < -0.39 is 5.91 Å². The largest absolute Gasteiger partial charge is 0.483 e. The highest BCUT2D eigenvalue weighted by atomic mass is 16.5. The second-order valence-corrected chi connectivity index (χ2v) is 5.35. The Morgan fingerprint density at radius 3 is 2.90 bits per heavy atom. The monoisotopic (exact) mass is 276 g/mol. The van der Waals surface area contributed by atoms with Gasteiger partial charge in [0.2, 0.25) is 5.91 Å². The molecule has 0 saturated carbocycles. The molecule has 1 saturated heterocycles. The van der Waals surface area contributed by atoms with Crippen LogP contribution in [0.5, 0.6) is 5.75 Å². The van der Waals surface area contributed by atoms with Gasteiger partial charge in [0.1, 0.15) is 11.4 Å². The summed E-state index contributed by atoms with van der Waals surface area (Å²) in [4.78, 5) is 23.2. The van der Waals surface area contributed by atoms with Gasteiger partial charge in [-0.1, -0.05) is 6.07 Å². The zero-order chi connectivity index (χ0) is 14.2. The van der Waals surface area contributed by atoms with Gasteiger partial charge in [0.05, 0.1) is 12.0 Å². The average Bonchev–Trinajstić information content (AvgIpc) is 2.43. The molecular weight excluding hydrogens is 260 g/mol. The van der Waals surface area contributed by atoms with Gasteiger partial charge in [-0.05, 0) is 24.1 Å². The first kappa shape index (κ1) is 13.1. The van der Waals surface area contributed by atoms with E-state index in [2.05, 4.69) is 5.32 Å². The predicted octanol–water partition coefficient (Wildman–Crippen LogP) is 0.432. The molecule has 0 bridgehead atoms. The van der Waals surface area contributed by atoms with Crippen LogP contribution in [-0.4, -0.2) is 35.6 Å². The van der Waals surface area contributed by atoms with Gasteiger partial charge >= 0.3 is 0 Å². The minimum atomic E-state index is -0.440. The molecule has 3 N–H and O–H groups in total. The van der Waals surface area contributed by atoms with Gasteiger partial charge < -0.3 is 10.1 Å². The maximum absolute atomic E-state index is 12.2. The summed E-state index contributed by atoms with van der Waals surface area (Å²) in [5.74, 6) is 0.268. The Morgan fingerprint density at radius 1 is 1.45 bits per heavy atom. The Labute approximate surface area is 116 Å². The first-order valence-corrected chi connectivity index (χ1v) is 6.61. The van der Waals surface area contributed by atoms with E-state index in [1.165, 1.54) is 0 Å². The number of hydrogen-bond donors (Lipinski definition) is 3. The number of ether oxygens (including phenoxy) is 1. The number of ketones is 1. The van der Waals surface area contributed by atoms with Crippen LogP contribution >= 0.6 is 0 Å². The van der Waals surface area contributed by atoms with E-state index in [0.29, 0.717) is 37.2 Å². The fourth-order valence-corrected chi connectivity index (χ4v) is 2.61. The van der Waals surface area contributed by atoms with Gasteiger partial charge in [-0.3, -0.25) is 14.8 Å². The van der Waals surface area contributed by atoms with Crippen LogP contribution < -0.4 is 15.5 Å². The van der Waals surface area contributed by atoms with E-state index >= 15 is 0 Å². The number of carbonyl (C=O) groups is 2. The molecule has 1 aromatic rings. The minimum absolute atomic E-state index is 0.0845. The van der Waals surface area contributed by atoms with Crippen LogP contribution in [0, 0.1) is 0 Å². The lowest BCUT2D eigenvalue weighted by Gasteiger charge is -2.45. The van der Waals surface area contributed by atoms with Gasteiger partial charge in [-0.15, -0.1) is 0 Å². The van der Waals surface area contributed by atoms with Crippen LogP contribution in [0.3, 0.4) is 0 Å². The van der Waals surface area contributed by atoms with Crippen molar-refractivity contribution < 1.29 is 19.5 Å². The Balaban J connectivity index is 1.77. The first-order chi connectivity index (χ1) is 9.62. The molecule has 0 aliphatic carbocycles. The molecule has 0 aromatic heterocycles. The average molecular weight is 276 g/mol. The molecule has 0 unspecified atom stereocenters. The number of benzene rings is 1. The zero-order valence-electron chi connectivity index (χ0n) is 10.9. The highest BCUT2D eigenvalue weighted by molar-refractivity contribution is 6.00. The summed E-state index contributed by atoms with van der Waals surface area (Å²) < 4.78 is 5.92. The summed E-state index contributed by atoms with van der Waals surface area (Å²) in [7, 11) is 0. The molecule has 6 heteroatoms. The van der Waals surface area contributed by atoms with Gasteiger partial charge in [-0.25, -0.2) is 5.48 Å². The van der Waals surface area contributed by atoms with Crippen LogP contribution in [0.15, 0.2) is 18.2 Å². The number of aryl methyl sites for hydroxylation is 1. The summed E-state index contributed by atoms with van der Waals surface area (Å²) in [6.07, 6.45) is 1.05. The Bertz CT molecular complexity index is 566. The highest BCUT2D eigenvalue weighted by Crippen LogP contribution is 2.36. The van der Waals surface area contributed by atoms with Crippen molar-refractivity contribution >= 4 is 11.7 Å². The lowest BCUT2D eigenvalue weighted by atomic mass is 9.85. The molecule has 1 spiro atoms. The zero-order valence-corrected chi connectivity index (χ0v) is 10.9. The molecule has 0 radical (unpaired) electrons. The molecule has 2 aliphatic heterocycles. The quantitative estimate of drug-likeness (QED) is 0.550. The van der Waals surface area contributed by atoms with Gasteiger partial charge in [-0.2, -0.15) is 0 Å². The third-order valence-electron chi connectivity index (χ3n) is 3.81. The van der Waals surface area contributed by atoms with Gasteiger partial charge in [0.25, 0.3) is 0 Å². The summed E-state index contributed by atoms with van der Waals surface area (Å²) in [5, 5.41) is 11.6. The van der Waals surface area contributed by atoms with Crippen molar-refractivity contribution in [2.75, 3.05) is 13.1 Å². The summed E-state index contributed by atoms with van der Waals surface area (Å²) >= 11 is 0. The molecule has 2 aliphatic rings. The molecule has 1 amide bonds. The molecule has 6 nitrogen and oxygen atoms in total. The van der Waals surface area contributed by atoms with Crippen molar-refractivity contribution in [1.82, 2.24) is 10.8 Å². The topological polar surface area (TPSA) is 87.7 Å². The van der Waals surface area contributed by atoms with Crippen molar-refractivity contribution in [3.05, 3.63) is 29.3 Å². The molecular formula is C14H16N2O4. The highest BCUT2D eigenvalue weighted by Gasteiger charge is 2.45. The predicted molar refractivity (Wildman–Crippen MR) is 69.9 cm³/mol. The first-order valence-electron chi connectivity index (χ1n) is 6.61. The lowest BCUT2D eigenvalue weighted by molar-refractivity contribution is -0.129. The Kier molecular flexibility index (Phi) is 3.19. The fraction of sp³-hybridized carbons (Fsp3) is 0.429. The second-order valence-electron chi connectivity index (χ2n) is 5.35. The number of carbonyl (C=O) groups excluding carboxylic acids is 2. The van der Waals surface area contributed by atoms with Gasteiger partial charge in [0.15, 0.2) is 5.78 Å². The number of hydrogen-bond acceptors (Lipinski definition) is 5. The SMILES string of the molecule is O=C(CCc1ccc2c(c1)C(=O)CC1(CNC1)O2)NO. The number of fused-ring (bicyclic) bond motifs is 1. The minimum Gasteiger partial charge on any atom is -0.483 e. The molecule has 2 heterocycles. The third kappa shape index (κ3) is 2.28. The smallest absolute Gasteiger partial charge is 0.243 e. The summed E-state index contributed by atoms with van der Waals surface area (Å²) in [6, 6.07) is 5.42. The van der Waals surface area contributed by atoms with E-state index in [-0.39, 0.29) is 17.8 Å². The number of Topliss-reactive ketones (excluding diaryl/α,β-unsaturated/α-hetero) is 1. The van der Waals surface area contributed by atoms with E-state index in [1.54, 1.807) is 17.6 Å². The van der Waals surface area contributed by atoms with Crippen LogP contribution in [0.2, 0.25) is 0 Å². The maximum atomic E-state index is 12.2. The van der Waals surface area contributed by atoms with E-state index in [1.807, 2.05) is 6.07 Å². The van der Waals surface area contributed by atoms with E-state index in [9.17, 15) is 9.59 Å². The van der Waals surface area contributed by atoms with Crippen LogP contribution in [-0.2, 0) is 11.2 Å². The normalized spacial score (nSPS) is 18.9. The second kappa shape index (κ2) is 4.88. The number of amides is 1. The molecule has 3 rings (SSSR count). The van der Waals surface area contributed by atoms with Crippen LogP contribution in [0.1, 0.15) is 28.8 Å². The fourth-order valence-electron chi connectivity index (χ4n) is 2.61. The number of nitrogens with one attached hydrogen (secondary N) is 2. The molecule has 20 heavy (non-hydrogen) atoms. The van der Waals surface area contributed by atoms with Gasteiger partial charge in [0, 0.05) is 19.5 Å². The van der Waals surface area contributed by atoms with Crippen molar-refractivity contribution in [1.29, 1.82) is 0 Å². The van der Waals surface area contributed by atoms with E-state index in [0.717, 1.165) is 5.56 Å². The standard InChI is InChI=1S/C14H16N2O4/c17-11-6-14(7-15-8-14)20-12-3-1-9(5-10(11)12)2-4-13(18)16-19/h1,3,5,15,19H,2,4,6-8H2,(H,16,18). The van der Waals surface area contributed by atoms with Crippen LogP contribution in [0.25, 0.3) is 0 Å². The van der Waals surface area contributed by atoms with Crippen molar-refractivity contribution in [2.45, 2.75) is 24.9 Å². The Morgan fingerprint density at radius 2 is 2.25 bits per heavy atom. The third-order valence-corrected chi connectivity index (χ3v) is 3.81. The van der Waals surface area contributed by atoms with Crippen molar-refractivity contribution in [2.24, 2.45) is 0 Å². The molecule has 0 atom stereocenters. The number of hydroxylamine groups is 1. The molecule has 1 fully saturated rings. The summed E-state index contributed by atoms with van der Waals surface area (Å²) in [6.45, 7) is 1.41. The Hall–Kier alpha value is -1.92. The maximum Gasteiger partial charge on any atom is 0.243 e. The van der Waals surface area contributed by atoms with E-state index in [4.69, 9.17) is 9.94 Å². The number of rotatable bonds is 3. The van der Waals surface area contributed by atoms with Crippen molar-refractivity contribution in [3.8, 4) is 5.75 Å². The summed E-state index contributed by atoms with van der Waals surface area (Å²) in [5.41, 5.74) is 2.70. The van der Waals surface area contributed by atoms with Crippen LogP contribution in [0.4, 0.5) is 0 Å². The molecule has 106 valence electrons.